The molecule has 1 heterocycles. The molecule has 0 bridgehead atoms. The number of fused-ring (bicyclic) bond motifs is 1. The summed E-state index contributed by atoms with van der Waals surface area (Å²) in [4.78, 5) is 27.0. The Kier molecular flexibility index (Phi) is 5.05. The first-order chi connectivity index (χ1) is 14.2. The lowest BCUT2D eigenvalue weighted by Gasteiger charge is -2.35. The maximum absolute atomic E-state index is 14.2. The monoisotopic (exact) mass is 411 g/mol. The summed E-state index contributed by atoms with van der Waals surface area (Å²) in [6.45, 7) is 3.39. The van der Waals surface area contributed by atoms with Gasteiger partial charge in [-0.15, -0.1) is 0 Å². The number of aromatic nitrogens is 1. The van der Waals surface area contributed by atoms with Gasteiger partial charge in [0.2, 0.25) is 11.8 Å². The van der Waals surface area contributed by atoms with Gasteiger partial charge in [-0.2, -0.15) is 0 Å². The van der Waals surface area contributed by atoms with Crippen LogP contribution in [0, 0.1) is 24.5 Å². The molecule has 4 N–H and O–H groups in total. The molecule has 1 aromatic heterocycles. The van der Waals surface area contributed by atoms with Gasteiger partial charge in [-0.3, -0.25) is 9.59 Å². The summed E-state index contributed by atoms with van der Waals surface area (Å²) < 4.78 is 27.6. The van der Waals surface area contributed by atoms with Crippen molar-refractivity contribution in [3.8, 4) is 11.3 Å². The van der Waals surface area contributed by atoms with Crippen molar-refractivity contribution in [1.29, 1.82) is 0 Å². The van der Waals surface area contributed by atoms with Gasteiger partial charge in [0, 0.05) is 22.5 Å². The smallest absolute Gasteiger partial charge is 0.239 e. The van der Waals surface area contributed by atoms with E-state index >= 15 is 0 Å². The molecule has 2 aromatic carbocycles. The molecule has 3 aromatic rings. The molecular weight excluding hydrogens is 388 g/mol. The van der Waals surface area contributed by atoms with E-state index in [1.807, 2.05) is 6.92 Å². The van der Waals surface area contributed by atoms with Crippen LogP contribution in [0.3, 0.4) is 0 Å². The van der Waals surface area contributed by atoms with Crippen LogP contribution in [0.5, 0.6) is 0 Å². The zero-order valence-corrected chi connectivity index (χ0v) is 16.8. The average molecular weight is 411 g/mol. The number of aryl methyl sites for hydroxylation is 1. The van der Waals surface area contributed by atoms with Crippen LogP contribution in [0.2, 0.25) is 0 Å². The molecule has 0 saturated heterocycles. The number of carbonyl (C=O) groups excluding carboxylic acids is 2. The van der Waals surface area contributed by atoms with E-state index in [1.54, 1.807) is 19.1 Å². The molecule has 1 aliphatic carbocycles. The highest BCUT2D eigenvalue weighted by molar-refractivity contribution is 5.94. The second kappa shape index (κ2) is 7.55. The van der Waals surface area contributed by atoms with Gasteiger partial charge in [0.1, 0.15) is 17.7 Å². The molecule has 156 valence electrons. The van der Waals surface area contributed by atoms with E-state index < -0.39 is 11.9 Å². The van der Waals surface area contributed by atoms with Crippen LogP contribution in [0.4, 0.5) is 8.78 Å². The summed E-state index contributed by atoms with van der Waals surface area (Å²) in [6, 6.07) is 8.40. The Bertz CT molecular complexity index is 1130. The van der Waals surface area contributed by atoms with Crippen molar-refractivity contribution in [2.24, 2.45) is 11.7 Å². The van der Waals surface area contributed by atoms with Gasteiger partial charge in [0.05, 0.1) is 0 Å². The predicted molar refractivity (Wildman–Crippen MR) is 111 cm³/mol. The lowest BCUT2D eigenvalue weighted by Crippen LogP contribution is -2.47. The topological polar surface area (TPSA) is 88.0 Å². The van der Waals surface area contributed by atoms with Gasteiger partial charge in [-0.05, 0) is 85.7 Å². The van der Waals surface area contributed by atoms with Crippen molar-refractivity contribution in [2.45, 2.75) is 38.6 Å². The number of hydrogen-bond acceptors (Lipinski definition) is 2. The average Bonchev–Trinajstić information content (AvgIpc) is 3.00. The molecule has 1 unspecified atom stereocenters. The Morgan fingerprint density at radius 1 is 1.13 bits per heavy atom. The maximum Gasteiger partial charge on any atom is 0.239 e. The molecule has 7 heteroatoms. The Morgan fingerprint density at radius 3 is 2.43 bits per heavy atom. The molecule has 30 heavy (non-hydrogen) atoms. The standard InChI is InChI=1S/C23H23F2N3O2/c1-11-7-17(25)10-18-19(14-8-15(9-14)23(30)27-12(2)22(26)29)21(28-20(11)18)13-3-5-16(24)6-4-13/h3-7,10,12,14-15,28H,8-9H2,1-2H3,(H2,26,29)(H,27,30)/t12?,14-,15-. The van der Waals surface area contributed by atoms with Crippen LogP contribution in [-0.2, 0) is 9.59 Å². The molecule has 0 radical (unpaired) electrons. The fraction of sp³-hybridized carbons (Fsp3) is 0.304. The highest BCUT2D eigenvalue weighted by atomic mass is 19.1. The van der Waals surface area contributed by atoms with Crippen molar-refractivity contribution in [2.75, 3.05) is 0 Å². The zero-order chi connectivity index (χ0) is 21.6. The third kappa shape index (κ3) is 3.56. The number of primary amides is 1. The van der Waals surface area contributed by atoms with Crippen LogP contribution < -0.4 is 11.1 Å². The van der Waals surface area contributed by atoms with Crippen LogP contribution in [-0.4, -0.2) is 22.8 Å². The van der Waals surface area contributed by atoms with E-state index in [9.17, 15) is 18.4 Å². The lowest BCUT2D eigenvalue weighted by atomic mass is 9.69. The van der Waals surface area contributed by atoms with E-state index in [1.165, 1.54) is 24.3 Å². The first-order valence-electron chi connectivity index (χ1n) is 9.92. The van der Waals surface area contributed by atoms with E-state index in [-0.39, 0.29) is 29.4 Å². The molecule has 5 nitrogen and oxygen atoms in total. The Labute approximate surface area is 172 Å². The van der Waals surface area contributed by atoms with E-state index in [0.29, 0.717) is 12.8 Å². The van der Waals surface area contributed by atoms with Crippen LogP contribution in [0.25, 0.3) is 22.2 Å². The normalized spacial score (nSPS) is 19.3. The maximum atomic E-state index is 14.2. The number of aromatic amines is 1. The van der Waals surface area contributed by atoms with Gasteiger partial charge >= 0.3 is 0 Å². The summed E-state index contributed by atoms with van der Waals surface area (Å²) >= 11 is 0. The van der Waals surface area contributed by atoms with Gasteiger partial charge in [0.15, 0.2) is 0 Å². The van der Waals surface area contributed by atoms with Crippen molar-refractivity contribution >= 4 is 22.7 Å². The second-order valence-electron chi connectivity index (χ2n) is 8.06. The van der Waals surface area contributed by atoms with Crippen molar-refractivity contribution < 1.29 is 18.4 Å². The second-order valence-corrected chi connectivity index (χ2v) is 8.06. The number of benzene rings is 2. The third-order valence-electron chi connectivity index (χ3n) is 5.95. The van der Waals surface area contributed by atoms with Crippen LogP contribution in [0.15, 0.2) is 36.4 Å². The first-order valence-corrected chi connectivity index (χ1v) is 9.92. The zero-order valence-electron chi connectivity index (χ0n) is 16.8. The molecule has 1 saturated carbocycles. The summed E-state index contributed by atoms with van der Waals surface area (Å²) in [7, 11) is 0. The lowest BCUT2D eigenvalue weighted by molar-refractivity contribution is -0.131. The SMILES string of the molecule is Cc1cc(F)cc2c1[nH]c(-c1ccc(F)cc1)c2[C@H]1C[C@H](C(=O)NC(C)C(N)=O)C1. The summed E-state index contributed by atoms with van der Waals surface area (Å²) in [6.07, 6.45) is 1.15. The molecule has 1 fully saturated rings. The number of amides is 2. The number of halogens is 2. The molecule has 1 aliphatic rings. The van der Waals surface area contributed by atoms with Crippen molar-refractivity contribution in [3.63, 3.8) is 0 Å². The highest BCUT2D eigenvalue weighted by Gasteiger charge is 2.38. The van der Waals surface area contributed by atoms with Crippen LogP contribution in [0.1, 0.15) is 36.8 Å². The Balaban J connectivity index is 1.68. The fourth-order valence-electron chi connectivity index (χ4n) is 4.19. The van der Waals surface area contributed by atoms with E-state index in [4.69, 9.17) is 5.73 Å². The summed E-state index contributed by atoms with van der Waals surface area (Å²) in [5, 5.41) is 3.41. The quantitative estimate of drug-likeness (QED) is 0.594. The van der Waals surface area contributed by atoms with E-state index in [2.05, 4.69) is 10.3 Å². The minimum absolute atomic E-state index is 0.0413. The van der Waals surface area contributed by atoms with Gasteiger partial charge in [0.25, 0.3) is 0 Å². The minimum atomic E-state index is -0.726. The Hall–Kier alpha value is -3.22. The van der Waals surface area contributed by atoms with Gasteiger partial charge in [-0.1, -0.05) is 0 Å². The molecular formula is C23H23F2N3O2. The van der Waals surface area contributed by atoms with Crippen molar-refractivity contribution in [3.05, 3.63) is 59.2 Å². The minimum Gasteiger partial charge on any atom is -0.368 e. The van der Waals surface area contributed by atoms with Gasteiger partial charge in [-0.25, -0.2) is 8.78 Å². The summed E-state index contributed by atoms with van der Waals surface area (Å²) in [5.74, 6) is -1.64. The number of rotatable bonds is 5. The highest BCUT2D eigenvalue weighted by Crippen LogP contribution is 2.48. The molecule has 0 spiro atoms. The number of carbonyl (C=O) groups is 2. The van der Waals surface area contributed by atoms with E-state index in [0.717, 1.165) is 33.3 Å². The molecule has 0 aliphatic heterocycles. The number of hydrogen-bond donors (Lipinski definition) is 3. The summed E-state index contributed by atoms with van der Waals surface area (Å²) in [5.41, 5.74) is 9.38. The largest absolute Gasteiger partial charge is 0.368 e. The van der Waals surface area contributed by atoms with Gasteiger partial charge < -0.3 is 16.0 Å². The van der Waals surface area contributed by atoms with Crippen LogP contribution >= 0.6 is 0 Å². The molecule has 4 rings (SSSR count). The van der Waals surface area contributed by atoms with Crippen molar-refractivity contribution in [1.82, 2.24) is 10.3 Å². The number of nitrogens with one attached hydrogen (secondary N) is 2. The molecule has 2 amide bonds. The predicted octanol–water partition coefficient (Wildman–Crippen LogP) is 3.91. The third-order valence-corrected chi connectivity index (χ3v) is 5.95. The fourth-order valence-corrected chi connectivity index (χ4v) is 4.19. The molecule has 1 atom stereocenters. The number of nitrogens with two attached hydrogens (primary N) is 1. The number of H-pyrrole nitrogens is 1. The Morgan fingerprint density at radius 2 is 1.80 bits per heavy atom. The first kappa shape index (κ1) is 20.1.